The number of imidazole rings is 1. The summed E-state index contributed by atoms with van der Waals surface area (Å²) in [6, 6.07) is 5.70. The van der Waals surface area contributed by atoms with Gasteiger partial charge >= 0.3 is 0 Å². The molecule has 0 unspecified atom stereocenters. The van der Waals surface area contributed by atoms with Crippen molar-refractivity contribution in [3.63, 3.8) is 0 Å². The fraction of sp³-hybridized carbons (Fsp3) is 0.0833. The van der Waals surface area contributed by atoms with Crippen LogP contribution in [0.5, 0.6) is 0 Å². The van der Waals surface area contributed by atoms with Crippen molar-refractivity contribution in [3.8, 4) is 0 Å². The van der Waals surface area contributed by atoms with Crippen molar-refractivity contribution in [1.29, 1.82) is 0 Å². The van der Waals surface area contributed by atoms with Gasteiger partial charge < -0.3 is 16.0 Å². The summed E-state index contributed by atoms with van der Waals surface area (Å²) in [4.78, 5) is 12.4. The fourth-order valence-corrected chi connectivity index (χ4v) is 2.41. The van der Waals surface area contributed by atoms with Crippen LogP contribution in [0.25, 0.3) is 11.2 Å². The molecule has 0 spiro atoms. The Morgan fingerprint density at radius 1 is 1.16 bits per heavy atom. The molecular formula is C12H11BrN6. The van der Waals surface area contributed by atoms with Gasteiger partial charge in [-0.25, -0.2) is 15.0 Å². The number of benzene rings is 1. The number of anilines is 2. The molecule has 0 saturated carbocycles. The zero-order chi connectivity index (χ0) is 13.4. The van der Waals surface area contributed by atoms with Gasteiger partial charge in [-0.3, -0.25) is 0 Å². The minimum absolute atomic E-state index is 0.389. The minimum Gasteiger partial charge on any atom is -0.399 e. The summed E-state index contributed by atoms with van der Waals surface area (Å²) < 4.78 is 2.88. The Hall–Kier alpha value is -2.15. The predicted octanol–water partition coefficient (Wildman–Crippen LogP) is 1.80. The first-order chi connectivity index (χ1) is 9.15. The maximum atomic E-state index is 5.76. The van der Waals surface area contributed by atoms with Gasteiger partial charge in [0.25, 0.3) is 0 Å². The van der Waals surface area contributed by atoms with Crippen molar-refractivity contribution in [1.82, 2.24) is 19.5 Å². The lowest BCUT2D eigenvalue weighted by Gasteiger charge is -2.07. The summed E-state index contributed by atoms with van der Waals surface area (Å²) in [5, 5.41) is 0. The third-order valence-corrected chi connectivity index (χ3v) is 3.59. The average Bonchev–Trinajstić information content (AvgIpc) is 2.78. The molecule has 3 rings (SSSR count). The second kappa shape index (κ2) is 4.51. The lowest BCUT2D eigenvalue weighted by molar-refractivity contribution is 0.810. The highest BCUT2D eigenvalue weighted by Gasteiger charge is 2.09. The van der Waals surface area contributed by atoms with Crippen LogP contribution in [-0.4, -0.2) is 19.5 Å². The van der Waals surface area contributed by atoms with Crippen molar-refractivity contribution < 1.29 is 0 Å². The van der Waals surface area contributed by atoms with Crippen LogP contribution in [0, 0.1) is 0 Å². The number of rotatable bonds is 2. The van der Waals surface area contributed by atoms with Gasteiger partial charge in [-0.1, -0.05) is 22.0 Å². The molecule has 0 aliphatic carbocycles. The van der Waals surface area contributed by atoms with Crippen LogP contribution in [0.4, 0.5) is 11.5 Å². The first-order valence-corrected chi connectivity index (χ1v) is 6.39. The van der Waals surface area contributed by atoms with E-state index in [1.54, 1.807) is 6.33 Å². The first kappa shape index (κ1) is 11.9. The molecule has 96 valence electrons. The van der Waals surface area contributed by atoms with E-state index in [2.05, 4.69) is 30.9 Å². The molecule has 2 aromatic heterocycles. The van der Waals surface area contributed by atoms with Gasteiger partial charge in [-0.2, -0.15) is 0 Å². The van der Waals surface area contributed by atoms with Crippen molar-refractivity contribution in [2.24, 2.45) is 0 Å². The van der Waals surface area contributed by atoms with Gasteiger partial charge in [0.15, 0.2) is 11.5 Å². The molecular weight excluding hydrogens is 308 g/mol. The topological polar surface area (TPSA) is 95.6 Å². The Balaban J connectivity index is 2.04. The zero-order valence-electron chi connectivity index (χ0n) is 9.92. The van der Waals surface area contributed by atoms with Gasteiger partial charge in [0.1, 0.15) is 11.8 Å². The Morgan fingerprint density at radius 3 is 2.79 bits per heavy atom. The van der Waals surface area contributed by atoms with E-state index >= 15 is 0 Å². The highest BCUT2D eigenvalue weighted by Crippen LogP contribution is 2.22. The van der Waals surface area contributed by atoms with Crippen molar-refractivity contribution >= 4 is 38.6 Å². The minimum atomic E-state index is 0.389. The molecule has 0 amide bonds. The monoisotopic (exact) mass is 318 g/mol. The van der Waals surface area contributed by atoms with Gasteiger partial charge in [0.2, 0.25) is 0 Å². The predicted molar refractivity (Wildman–Crippen MR) is 77.4 cm³/mol. The standard InChI is InChI=1S/C12H11BrN6/c13-9-3-8(14)2-1-7(9)4-19-6-18-10-11(15)16-5-17-12(10)19/h1-3,5-6H,4,14H2,(H2,15,16,17). The van der Waals surface area contributed by atoms with Crippen LogP contribution in [0.15, 0.2) is 35.3 Å². The summed E-state index contributed by atoms with van der Waals surface area (Å²) in [5.41, 5.74) is 14.6. The number of nitrogens with two attached hydrogens (primary N) is 2. The normalized spacial score (nSPS) is 11.0. The van der Waals surface area contributed by atoms with E-state index in [4.69, 9.17) is 11.5 Å². The molecule has 0 bridgehead atoms. The highest BCUT2D eigenvalue weighted by molar-refractivity contribution is 9.10. The van der Waals surface area contributed by atoms with E-state index < -0.39 is 0 Å². The Morgan fingerprint density at radius 2 is 2.00 bits per heavy atom. The lowest BCUT2D eigenvalue weighted by atomic mass is 10.2. The highest BCUT2D eigenvalue weighted by atomic mass is 79.9. The summed E-state index contributed by atoms with van der Waals surface area (Å²) in [6.07, 6.45) is 3.15. The Kier molecular flexibility index (Phi) is 2.83. The fourth-order valence-electron chi connectivity index (χ4n) is 1.89. The average molecular weight is 319 g/mol. The van der Waals surface area contributed by atoms with Crippen LogP contribution in [-0.2, 0) is 6.54 Å². The van der Waals surface area contributed by atoms with Crippen LogP contribution in [0.1, 0.15) is 5.56 Å². The quantitative estimate of drug-likeness (QED) is 0.702. The number of hydrogen-bond donors (Lipinski definition) is 2. The van der Waals surface area contributed by atoms with E-state index in [1.165, 1.54) is 6.33 Å². The molecule has 0 aliphatic rings. The van der Waals surface area contributed by atoms with Gasteiger partial charge in [-0.15, -0.1) is 0 Å². The first-order valence-electron chi connectivity index (χ1n) is 5.60. The molecule has 0 atom stereocenters. The zero-order valence-corrected chi connectivity index (χ0v) is 11.5. The number of nitrogens with zero attached hydrogens (tertiary/aromatic N) is 4. The summed E-state index contributed by atoms with van der Waals surface area (Å²) >= 11 is 3.50. The van der Waals surface area contributed by atoms with E-state index in [0.717, 1.165) is 21.4 Å². The smallest absolute Gasteiger partial charge is 0.165 e. The van der Waals surface area contributed by atoms with Crippen LogP contribution < -0.4 is 11.5 Å². The molecule has 19 heavy (non-hydrogen) atoms. The molecule has 2 heterocycles. The Labute approximate surface area is 117 Å². The number of nitrogen functional groups attached to an aromatic ring is 2. The molecule has 0 fully saturated rings. The second-order valence-electron chi connectivity index (χ2n) is 4.15. The van der Waals surface area contributed by atoms with Crippen molar-refractivity contribution in [2.75, 3.05) is 11.5 Å². The number of fused-ring (bicyclic) bond motifs is 1. The molecule has 1 aromatic carbocycles. The molecule has 7 heteroatoms. The van der Waals surface area contributed by atoms with Gasteiger partial charge in [0.05, 0.1) is 12.9 Å². The third-order valence-electron chi connectivity index (χ3n) is 2.85. The lowest BCUT2D eigenvalue weighted by Crippen LogP contribution is -2.01. The van der Waals surface area contributed by atoms with E-state index in [-0.39, 0.29) is 0 Å². The number of hydrogen-bond acceptors (Lipinski definition) is 5. The van der Waals surface area contributed by atoms with Gasteiger partial charge in [-0.05, 0) is 17.7 Å². The second-order valence-corrected chi connectivity index (χ2v) is 5.01. The summed E-state index contributed by atoms with van der Waals surface area (Å²) in [5.74, 6) is 0.389. The largest absolute Gasteiger partial charge is 0.399 e. The van der Waals surface area contributed by atoms with E-state index in [9.17, 15) is 0 Å². The molecule has 0 aliphatic heterocycles. The van der Waals surface area contributed by atoms with Crippen LogP contribution in [0.2, 0.25) is 0 Å². The summed E-state index contributed by atoms with van der Waals surface area (Å²) in [6.45, 7) is 0.633. The molecule has 4 N–H and O–H groups in total. The number of halogens is 1. The van der Waals surface area contributed by atoms with E-state index in [1.807, 2.05) is 22.8 Å². The third kappa shape index (κ3) is 2.12. The number of aromatic nitrogens is 4. The Bertz CT molecular complexity index is 751. The SMILES string of the molecule is Nc1ccc(Cn2cnc3c(N)ncnc32)c(Br)c1. The van der Waals surface area contributed by atoms with Crippen molar-refractivity contribution in [3.05, 3.63) is 40.9 Å². The van der Waals surface area contributed by atoms with Crippen molar-refractivity contribution in [2.45, 2.75) is 6.54 Å². The van der Waals surface area contributed by atoms with Crippen LogP contribution >= 0.6 is 15.9 Å². The molecule has 3 aromatic rings. The maximum Gasteiger partial charge on any atom is 0.165 e. The van der Waals surface area contributed by atoms with E-state index in [0.29, 0.717) is 17.9 Å². The van der Waals surface area contributed by atoms with Gasteiger partial charge in [0, 0.05) is 10.2 Å². The molecule has 0 saturated heterocycles. The molecule has 0 radical (unpaired) electrons. The van der Waals surface area contributed by atoms with Crippen LogP contribution in [0.3, 0.4) is 0 Å². The molecule has 6 nitrogen and oxygen atoms in total. The summed E-state index contributed by atoms with van der Waals surface area (Å²) in [7, 11) is 0. The maximum absolute atomic E-state index is 5.76.